The zero-order valence-corrected chi connectivity index (χ0v) is 31.6. The number of nitrogens with zero attached hydrogens (tertiary/aromatic N) is 4. The topological polar surface area (TPSA) is 185 Å². The van der Waals surface area contributed by atoms with E-state index in [1.54, 1.807) is 18.2 Å². The molecule has 2 N–H and O–H groups in total. The number of aryl methyl sites for hydroxylation is 2. The fraction of sp³-hybridized carbons (Fsp3) is 0.286. The van der Waals surface area contributed by atoms with Crippen LogP contribution in [-0.2, 0) is 38.4 Å². The van der Waals surface area contributed by atoms with E-state index in [1.807, 2.05) is 45.9 Å². The van der Waals surface area contributed by atoms with Gasteiger partial charge in [0.2, 0.25) is 0 Å². The van der Waals surface area contributed by atoms with Crippen molar-refractivity contribution in [3.63, 3.8) is 0 Å². The highest BCUT2D eigenvalue weighted by Crippen LogP contribution is 2.38. The first-order chi connectivity index (χ1) is 26.8. The molecule has 4 amide bonds. The maximum Gasteiger partial charge on any atom is 0.333 e. The fourth-order valence-corrected chi connectivity index (χ4v) is 7.37. The van der Waals surface area contributed by atoms with Gasteiger partial charge in [0.05, 0.1) is 35.6 Å². The van der Waals surface area contributed by atoms with Gasteiger partial charge in [-0.15, -0.1) is 10.1 Å². The number of aromatic nitrogens is 4. The van der Waals surface area contributed by atoms with Crippen LogP contribution in [0.5, 0.6) is 0 Å². The highest BCUT2D eigenvalue weighted by molar-refractivity contribution is 6.03. The third-order valence-electron chi connectivity index (χ3n) is 10.6. The van der Waals surface area contributed by atoms with Gasteiger partial charge in [0.25, 0.3) is 23.6 Å². The second-order valence-electron chi connectivity index (χ2n) is 14.0. The zero-order valence-electron chi connectivity index (χ0n) is 31.6. The second kappa shape index (κ2) is 14.9. The van der Waals surface area contributed by atoms with E-state index in [4.69, 9.17) is 19.6 Å². The van der Waals surface area contributed by atoms with Gasteiger partial charge in [-0.25, -0.2) is 19.6 Å². The van der Waals surface area contributed by atoms with Crippen molar-refractivity contribution < 1.29 is 38.4 Å². The summed E-state index contributed by atoms with van der Waals surface area (Å²) < 4.78 is 0. The van der Waals surface area contributed by atoms with Crippen LogP contribution in [0.25, 0.3) is 56.5 Å². The zero-order chi connectivity index (χ0) is 40.0. The predicted molar refractivity (Wildman–Crippen MR) is 208 cm³/mol. The SMILES string of the molecule is C=Cc1c(C)c2cc3[nH]c(cc4nc(cc5nc(cc1[nH]2)C(C)=C5CCC(=O)ON1C(=O)CCC1=O)C(CCC(=O)ON1C(=O)CCC1=O)=C4C)c(C)c3C=C. The van der Waals surface area contributed by atoms with Crippen molar-refractivity contribution in [2.24, 2.45) is 0 Å². The van der Waals surface area contributed by atoms with Gasteiger partial charge in [-0.2, -0.15) is 0 Å². The minimum absolute atomic E-state index is 0.0129. The molecule has 3 aromatic rings. The number of rotatable bonds is 10. The van der Waals surface area contributed by atoms with Crippen molar-refractivity contribution in [2.45, 2.75) is 79.1 Å². The number of hydroxylamine groups is 4. The lowest BCUT2D eigenvalue weighted by molar-refractivity contribution is -0.197. The highest BCUT2D eigenvalue weighted by atomic mass is 16.7. The lowest BCUT2D eigenvalue weighted by atomic mass is 9.98. The molecule has 7 heterocycles. The molecule has 2 fully saturated rings. The molecule has 0 aromatic carbocycles. The van der Waals surface area contributed by atoms with Crippen LogP contribution in [0, 0.1) is 13.8 Å². The number of nitrogens with one attached hydrogen (secondary N) is 2. The Bertz CT molecular complexity index is 2520. The summed E-state index contributed by atoms with van der Waals surface area (Å²) >= 11 is 0. The summed E-state index contributed by atoms with van der Waals surface area (Å²) in [5.41, 5.74) is 12.3. The number of hydrogen-bond acceptors (Lipinski definition) is 10. The molecule has 0 unspecified atom stereocenters. The Morgan fingerprint density at radius 2 is 0.982 bits per heavy atom. The molecule has 4 aliphatic rings. The maximum atomic E-state index is 13.0. The Kier molecular flexibility index (Phi) is 9.97. The summed E-state index contributed by atoms with van der Waals surface area (Å²) in [6.07, 6.45) is 3.56. The molecule has 14 heteroatoms. The Morgan fingerprint density at radius 3 is 1.39 bits per heavy atom. The molecule has 0 saturated carbocycles. The molecule has 56 heavy (non-hydrogen) atoms. The smallest absolute Gasteiger partial charge is 0.333 e. The van der Waals surface area contributed by atoms with Crippen LogP contribution in [0.15, 0.2) is 37.4 Å². The monoisotopic (exact) mass is 756 g/mol. The summed E-state index contributed by atoms with van der Waals surface area (Å²) in [7, 11) is 0. The predicted octanol–water partition coefficient (Wildman–Crippen LogP) is 6.85. The summed E-state index contributed by atoms with van der Waals surface area (Å²) in [5.74, 6) is -3.74. The van der Waals surface area contributed by atoms with Gasteiger partial charge in [0.15, 0.2) is 0 Å². The number of carbonyl (C=O) groups is 6. The lowest BCUT2D eigenvalue weighted by Gasteiger charge is -2.13. The third kappa shape index (κ3) is 6.89. The number of aromatic amines is 2. The fourth-order valence-electron chi connectivity index (χ4n) is 7.37. The molecule has 0 atom stereocenters. The molecule has 7 rings (SSSR count). The van der Waals surface area contributed by atoms with Gasteiger partial charge in [0, 0.05) is 58.9 Å². The van der Waals surface area contributed by atoms with Crippen molar-refractivity contribution in [1.29, 1.82) is 0 Å². The molecule has 14 nitrogen and oxygen atoms in total. The van der Waals surface area contributed by atoms with Crippen LogP contribution < -0.4 is 0 Å². The molecule has 0 spiro atoms. The minimum Gasteiger partial charge on any atom is -0.355 e. The third-order valence-corrected chi connectivity index (χ3v) is 10.6. The molecule has 8 bridgehead atoms. The number of carbonyl (C=O) groups excluding carboxylic acids is 6. The van der Waals surface area contributed by atoms with Crippen LogP contribution in [0.2, 0.25) is 0 Å². The number of H-pyrrole nitrogens is 2. The van der Waals surface area contributed by atoms with Crippen molar-refractivity contribution in [2.75, 3.05) is 0 Å². The van der Waals surface area contributed by atoms with Crippen LogP contribution in [0.4, 0.5) is 0 Å². The Labute approximate surface area is 321 Å². The lowest BCUT2D eigenvalue weighted by Crippen LogP contribution is -2.31. The summed E-state index contributed by atoms with van der Waals surface area (Å²) in [6, 6.07) is 7.68. The average molecular weight is 757 g/mol. The van der Waals surface area contributed by atoms with Gasteiger partial charge in [0.1, 0.15) is 0 Å². The van der Waals surface area contributed by atoms with Gasteiger partial charge < -0.3 is 19.6 Å². The maximum absolute atomic E-state index is 13.0. The summed E-state index contributed by atoms with van der Waals surface area (Å²) in [6.45, 7) is 15.9. The standard InChI is InChI=1S/C42H40N6O8/c1-7-25-21(3)29-17-30-23(5)27(9-15-41(53)55-47-37(49)11-12-38(47)50)35(45-30)20-36-28(10-16-42(54)56-48-39(51)13-14-40(48)52)24(6)32(46-36)19-34-26(8-2)22(4)31(44-34)18-33(25)43-29/h7-8,17-20,43-44H,1-2,9-16H2,3-6H3. The van der Waals surface area contributed by atoms with Crippen molar-refractivity contribution >= 4 is 92.1 Å². The largest absolute Gasteiger partial charge is 0.355 e. The van der Waals surface area contributed by atoms with E-state index < -0.39 is 35.6 Å². The van der Waals surface area contributed by atoms with Gasteiger partial charge in [-0.3, -0.25) is 19.2 Å². The van der Waals surface area contributed by atoms with Crippen LogP contribution in [0.3, 0.4) is 0 Å². The number of imide groups is 2. The van der Waals surface area contributed by atoms with E-state index in [-0.39, 0.29) is 51.4 Å². The molecule has 286 valence electrons. The molecule has 3 aromatic heterocycles. The molecule has 4 aliphatic heterocycles. The Balaban J connectivity index is 1.37. The van der Waals surface area contributed by atoms with Crippen LogP contribution >= 0.6 is 0 Å². The van der Waals surface area contributed by atoms with E-state index in [2.05, 4.69) is 23.1 Å². The summed E-state index contributed by atoms with van der Waals surface area (Å²) in [5, 5.41) is 1.06. The highest BCUT2D eigenvalue weighted by Gasteiger charge is 2.34. The molecular formula is C42H40N6O8. The number of hydrogen-bond donors (Lipinski definition) is 2. The van der Waals surface area contributed by atoms with Gasteiger partial charge in [-0.05, 0) is 98.2 Å². The normalized spacial score (nSPS) is 15.7. The first-order valence-corrected chi connectivity index (χ1v) is 18.3. The summed E-state index contributed by atoms with van der Waals surface area (Å²) in [4.78, 5) is 102. The molecule has 0 radical (unpaired) electrons. The minimum atomic E-state index is -0.745. The first-order valence-electron chi connectivity index (χ1n) is 18.3. The Morgan fingerprint density at radius 1 is 0.607 bits per heavy atom. The molecule has 0 aliphatic carbocycles. The number of allylic oxidation sites excluding steroid dienone is 4. The van der Waals surface area contributed by atoms with Crippen molar-refractivity contribution in [3.05, 3.63) is 82.5 Å². The molecule has 2 saturated heterocycles. The second-order valence-corrected chi connectivity index (χ2v) is 14.0. The Hall–Kier alpha value is -6.70. The van der Waals surface area contributed by atoms with E-state index in [9.17, 15) is 28.8 Å². The first kappa shape index (κ1) is 37.6. The van der Waals surface area contributed by atoms with E-state index in [1.165, 1.54) is 0 Å². The van der Waals surface area contributed by atoms with E-state index >= 15 is 0 Å². The van der Waals surface area contributed by atoms with Crippen molar-refractivity contribution in [3.8, 4) is 0 Å². The van der Waals surface area contributed by atoms with Gasteiger partial charge in [-0.1, -0.05) is 25.3 Å². The van der Waals surface area contributed by atoms with Gasteiger partial charge >= 0.3 is 11.9 Å². The molecular weight excluding hydrogens is 716 g/mol. The van der Waals surface area contributed by atoms with Crippen LogP contribution in [-0.4, -0.2) is 65.6 Å². The number of amides is 4. The van der Waals surface area contributed by atoms with E-state index in [0.717, 1.165) is 66.6 Å². The number of fused-ring (bicyclic) bond motifs is 8. The average Bonchev–Trinajstić information content (AvgIpc) is 3.96. The quantitative estimate of drug-likeness (QED) is 0.207. The van der Waals surface area contributed by atoms with Crippen molar-refractivity contribution in [1.82, 2.24) is 30.1 Å². The van der Waals surface area contributed by atoms with Crippen LogP contribution in [0.1, 0.15) is 110 Å². The van der Waals surface area contributed by atoms with E-state index in [0.29, 0.717) is 32.9 Å².